The Morgan fingerprint density at radius 1 is 1.06 bits per heavy atom. The minimum Gasteiger partial charge on any atom is -0.496 e. The lowest BCUT2D eigenvalue weighted by atomic mass is 10.1. The van der Waals surface area contributed by atoms with Crippen molar-refractivity contribution in [2.75, 3.05) is 32.8 Å². The summed E-state index contributed by atoms with van der Waals surface area (Å²) in [6.45, 7) is -2.05. The van der Waals surface area contributed by atoms with E-state index in [9.17, 15) is 22.8 Å². The van der Waals surface area contributed by atoms with Gasteiger partial charge >= 0.3 is 6.18 Å². The van der Waals surface area contributed by atoms with Gasteiger partial charge in [-0.15, -0.1) is 0 Å². The summed E-state index contributed by atoms with van der Waals surface area (Å²) < 4.78 is 55.9. The zero-order valence-corrected chi connectivity index (χ0v) is 18.4. The summed E-state index contributed by atoms with van der Waals surface area (Å²) in [6.07, 6.45) is -6.67. The van der Waals surface area contributed by atoms with Gasteiger partial charge < -0.3 is 24.0 Å². The third-order valence-corrected chi connectivity index (χ3v) is 5.11. The van der Waals surface area contributed by atoms with Gasteiger partial charge in [0.1, 0.15) is 23.8 Å². The molecular weight excluding hydrogens is 459 g/mol. The number of azide groups is 1. The van der Waals surface area contributed by atoms with Crippen LogP contribution in [-0.2, 0) is 11.3 Å². The second-order valence-corrected chi connectivity index (χ2v) is 7.08. The van der Waals surface area contributed by atoms with E-state index in [0.717, 1.165) is 4.90 Å². The van der Waals surface area contributed by atoms with E-state index in [1.54, 1.807) is 0 Å². The molecule has 13 heteroatoms. The van der Waals surface area contributed by atoms with Crippen LogP contribution < -0.4 is 19.1 Å². The van der Waals surface area contributed by atoms with Gasteiger partial charge in [0.05, 0.1) is 44.7 Å². The van der Waals surface area contributed by atoms with E-state index < -0.39 is 30.7 Å². The highest BCUT2D eigenvalue weighted by Gasteiger charge is 2.43. The van der Waals surface area contributed by atoms with E-state index in [1.165, 1.54) is 57.7 Å². The summed E-state index contributed by atoms with van der Waals surface area (Å²) in [5, 5.41) is 3.38. The van der Waals surface area contributed by atoms with Gasteiger partial charge in [0.15, 0.2) is 6.17 Å². The molecule has 2 amide bonds. The van der Waals surface area contributed by atoms with Gasteiger partial charge in [0, 0.05) is 17.0 Å². The Morgan fingerprint density at radius 3 is 2.21 bits per heavy atom. The number of hydrogen-bond donors (Lipinski definition) is 0. The second-order valence-electron chi connectivity index (χ2n) is 7.08. The molecule has 1 aliphatic rings. The number of carbonyl (C=O) groups excluding carboxylic acids is 2. The molecule has 34 heavy (non-hydrogen) atoms. The summed E-state index contributed by atoms with van der Waals surface area (Å²) in [7, 11) is 4.14. The summed E-state index contributed by atoms with van der Waals surface area (Å²) in [4.78, 5) is 30.6. The number of hydrogen-bond acceptors (Lipinski definition) is 6. The van der Waals surface area contributed by atoms with Crippen molar-refractivity contribution in [3.8, 4) is 17.2 Å². The van der Waals surface area contributed by atoms with Gasteiger partial charge in [-0.2, -0.15) is 13.2 Å². The topological polar surface area (TPSA) is 117 Å². The minimum atomic E-state index is -4.77. The van der Waals surface area contributed by atoms with Crippen molar-refractivity contribution >= 4 is 17.5 Å². The molecule has 0 saturated carbocycles. The van der Waals surface area contributed by atoms with E-state index in [0.29, 0.717) is 10.6 Å². The molecule has 10 nitrogen and oxygen atoms in total. The molecule has 0 N–H and O–H groups in total. The molecule has 0 aromatic heterocycles. The quantitative estimate of drug-likeness (QED) is 0.339. The Bertz CT molecular complexity index is 1120. The van der Waals surface area contributed by atoms with Crippen molar-refractivity contribution in [1.82, 2.24) is 4.90 Å². The number of fused-ring (bicyclic) bond motifs is 1. The largest absolute Gasteiger partial charge is 0.496 e. The average molecular weight is 479 g/mol. The molecule has 0 bridgehead atoms. The van der Waals surface area contributed by atoms with Crippen LogP contribution in [0.5, 0.6) is 17.2 Å². The van der Waals surface area contributed by atoms with E-state index in [1.807, 2.05) is 0 Å². The Hall–Kier alpha value is -4.12. The highest BCUT2D eigenvalue weighted by molar-refractivity contribution is 6.10. The van der Waals surface area contributed by atoms with Crippen LogP contribution >= 0.6 is 0 Å². The SMILES string of the molecule is COc1cc(OC)c(CN2C(=O)c3ccccc3N(CC(F)(F)F)C(=O)C2N=[N+]=[N-])c(OC)c1. The standard InChI is InChI=1S/C21H20F3N5O5/c1-32-12-8-16(33-2)14(17(9-12)34-3)10-28-18(26-27-25)20(31)29(11-21(22,23)24)15-7-5-4-6-13(15)19(28)30/h4-9,18H,10-11H2,1-3H3. The second kappa shape index (κ2) is 9.79. The number of amides is 2. The number of methoxy groups -OCH3 is 3. The number of benzene rings is 2. The summed E-state index contributed by atoms with van der Waals surface area (Å²) in [6, 6.07) is 8.39. The molecule has 1 unspecified atom stereocenters. The molecule has 0 fully saturated rings. The highest BCUT2D eigenvalue weighted by Crippen LogP contribution is 2.38. The molecule has 1 atom stereocenters. The fourth-order valence-corrected chi connectivity index (χ4v) is 3.61. The third-order valence-electron chi connectivity index (χ3n) is 5.11. The molecule has 0 saturated heterocycles. The summed E-state index contributed by atoms with van der Waals surface area (Å²) in [5.41, 5.74) is 8.94. The van der Waals surface area contributed by atoms with Crippen molar-refractivity contribution in [3.63, 3.8) is 0 Å². The van der Waals surface area contributed by atoms with E-state index >= 15 is 0 Å². The molecule has 0 radical (unpaired) electrons. The lowest BCUT2D eigenvalue weighted by molar-refractivity contribution is -0.134. The zero-order valence-electron chi connectivity index (χ0n) is 18.4. The van der Waals surface area contributed by atoms with Gasteiger partial charge in [-0.05, 0) is 17.7 Å². The van der Waals surface area contributed by atoms with Gasteiger partial charge in [-0.1, -0.05) is 17.2 Å². The van der Waals surface area contributed by atoms with Crippen molar-refractivity contribution < 1.29 is 37.0 Å². The van der Waals surface area contributed by atoms with Crippen LogP contribution in [0.15, 0.2) is 41.5 Å². The fraction of sp³-hybridized carbons (Fsp3) is 0.333. The van der Waals surface area contributed by atoms with Crippen LogP contribution in [0.2, 0.25) is 0 Å². The Morgan fingerprint density at radius 2 is 1.68 bits per heavy atom. The number of alkyl halides is 3. The maximum absolute atomic E-state index is 13.5. The first-order valence-electron chi connectivity index (χ1n) is 9.76. The first-order valence-corrected chi connectivity index (χ1v) is 9.76. The molecule has 1 aliphatic heterocycles. The molecule has 3 rings (SSSR count). The summed E-state index contributed by atoms with van der Waals surface area (Å²) >= 11 is 0. The number of anilines is 1. The maximum Gasteiger partial charge on any atom is 0.406 e. The lowest BCUT2D eigenvalue weighted by Gasteiger charge is -2.29. The lowest BCUT2D eigenvalue weighted by Crippen LogP contribution is -2.49. The Kier molecular flexibility index (Phi) is 7.06. The monoisotopic (exact) mass is 479 g/mol. The summed E-state index contributed by atoms with van der Waals surface area (Å²) in [5.74, 6) is -1.20. The smallest absolute Gasteiger partial charge is 0.406 e. The van der Waals surface area contributed by atoms with E-state index in [4.69, 9.17) is 19.7 Å². The van der Waals surface area contributed by atoms with Crippen LogP contribution in [0.3, 0.4) is 0 Å². The van der Waals surface area contributed by atoms with Crippen LogP contribution in [0.4, 0.5) is 18.9 Å². The normalized spacial score (nSPS) is 15.9. The van der Waals surface area contributed by atoms with Crippen LogP contribution in [0, 0.1) is 0 Å². The van der Waals surface area contributed by atoms with Crippen molar-refractivity contribution in [2.45, 2.75) is 18.9 Å². The van der Waals surface area contributed by atoms with E-state index in [-0.39, 0.29) is 34.9 Å². The van der Waals surface area contributed by atoms with Gasteiger partial charge in [0.25, 0.3) is 11.8 Å². The highest BCUT2D eigenvalue weighted by atomic mass is 19.4. The van der Waals surface area contributed by atoms with Crippen LogP contribution in [0.25, 0.3) is 10.4 Å². The Labute approximate surface area is 192 Å². The predicted octanol–water partition coefficient (Wildman–Crippen LogP) is 3.90. The molecule has 0 aliphatic carbocycles. The fourth-order valence-electron chi connectivity index (χ4n) is 3.61. The first kappa shape index (κ1) is 24.5. The third kappa shape index (κ3) is 4.79. The first-order chi connectivity index (χ1) is 16.1. The number of nitrogens with zero attached hydrogens (tertiary/aromatic N) is 5. The average Bonchev–Trinajstić information content (AvgIpc) is 2.89. The number of para-hydroxylation sites is 1. The molecular formula is C21H20F3N5O5. The van der Waals surface area contributed by atoms with Crippen LogP contribution in [0.1, 0.15) is 15.9 Å². The predicted molar refractivity (Wildman–Crippen MR) is 114 cm³/mol. The molecule has 1 heterocycles. The minimum absolute atomic E-state index is 0.165. The molecule has 0 spiro atoms. The van der Waals surface area contributed by atoms with Crippen molar-refractivity contribution in [2.24, 2.45) is 5.11 Å². The number of halogens is 3. The number of rotatable bonds is 7. The number of ether oxygens (including phenoxy) is 3. The zero-order chi connectivity index (χ0) is 25.0. The van der Waals surface area contributed by atoms with Gasteiger partial charge in [0.2, 0.25) is 0 Å². The van der Waals surface area contributed by atoms with Gasteiger partial charge in [-0.3, -0.25) is 9.59 Å². The molecule has 2 aromatic carbocycles. The van der Waals surface area contributed by atoms with Crippen molar-refractivity contribution in [1.29, 1.82) is 0 Å². The maximum atomic E-state index is 13.5. The molecule has 180 valence electrons. The van der Waals surface area contributed by atoms with E-state index in [2.05, 4.69) is 10.0 Å². The Balaban J connectivity index is 2.19. The number of carbonyl (C=O) groups is 2. The molecule has 2 aromatic rings. The van der Waals surface area contributed by atoms with Crippen LogP contribution in [-0.4, -0.2) is 56.9 Å². The van der Waals surface area contributed by atoms with Crippen molar-refractivity contribution in [3.05, 3.63) is 58.0 Å². The van der Waals surface area contributed by atoms with Gasteiger partial charge in [-0.25, -0.2) is 0 Å².